The van der Waals surface area contributed by atoms with E-state index in [9.17, 15) is 0 Å². The van der Waals surface area contributed by atoms with Crippen LogP contribution in [0, 0.1) is 0 Å². The Kier molecular flexibility index (Phi) is 6.93. The lowest BCUT2D eigenvalue weighted by Crippen LogP contribution is -2.11. The van der Waals surface area contributed by atoms with Crippen LogP contribution < -0.4 is 4.90 Å². The molecule has 2 aromatic heterocycles. The van der Waals surface area contributed by atoms with Crippen molar-refractivity contribution in [1.29, 1.82) is 0 Å². The molecule has 3 nitrogen and oxygen atoms in total. The van der Waals surface area contributed by atoms with E-state index < -0.39 is 0 Å². The van der Waals surface area contributed by atoms with Gasteiger partial charge in [0.2, 0.25) is 0 Å². The van der Waals surface area contributed by atoms with E-state index in [1.54, 1.807) is 0 Å². The first-order chi connectivity index (χ1) is 28.3. The summed E-state index contributed by atoms with van der Waals surface area (Å²) < 4.78 is 13.1. The van der Waals surface area contributed by atoms with Crippen LogP contribution in [0.15, 0.2) is 209 Å². The highest BCUT2D eigenvalue weighted by atomic mass is 16.3. The molecular weight excluding hydrogens is 695 g/mol. The van der Waals surface area contributed by atoms with E-state index >= 15 is 0 Å². The van der Waals surface area contributed by atoms with Gasteiger partial charge in [0.05, 0.1) is 16.8 Å². The summed E-state index contributed by atoms with van der Waals surface area (Å²) in [5, 5.41) is 11.7. The number of benzene rings is 10. The number of anilines is 3. The maximum absolute atomic E-state index is 6.67. The van der Waals surface area contributed by atoms with Gasteiger partial charge in [-0.3, -0.25) is 0 Å². The van der Waals surface area contributed by atoms with Crippen LogP contribution in [0.1, 0.15) is 0 Å². The third-order valence-corrected chi connectivity index (χ3v) is 11.6. The van der Waals surface area contributed by atoms with E-state index in [2.05, 4.69) is 193 Å². The third-order valence-electron chi connectivity index (χ3n) is 11.6. The van der Waals surface area contributed by atoms with Crippen LogP contribution in [0.3, 0.4) is 0 Å². The lowest BCUT2D eigenvalue weighted by atomic mass is 9.95. The Morgan fingerprint density at radius 3 is 1.77 bits per heavy atom. The molecule has 12 aromatic rings. The Bertz CT molecular complexity index is 3530. The number of fused-ring (bicyclic) bond motifs is 11. The summed E-state index contributed by atoms with van der Waals surface area (Å²) in [6.45, 7) is 0. The molecular formula is C54H33NO2. The molecule has 0 atom stereocenters. The van der Waals surface area contributed by atoms with E-state index in [1.165, 1.54) is 32.5 Å². The molecule has 12 rings (SSSR count). The SMILES string of the molecule is c1ccc(N(c2ccc(-c3ccc4c(ccc5ccccc54)c3)cc2)c2cccc3oc4ccccc4c23)c(-c2cccc3oc4c5ccccc5ccc4c23)c1. The quantitative estimate of drug-likeness (QED) is 0.165. The highest BCUT2D eigenvalue weighted by Gasteiger charge is 2.24. The van der Waals surface area contributed by atoms with Gasteiger partial charge < -0.3 is 13.7 Å². The minimum Gasteiger partial charge on any atom is -0.456 e. The van der Waals surface area contributed by atoms with Crippen LogP contribution in [0.25, 0.3) is 98.4 Å². The van der Waals surface area contributed by atoms with Gasteiger partial charge in [-0.1, -0.05) is 146 Å². The second-order valence-electron chi connectivity index (χ2n) is 14.8. The number of rotatable bonds is 5. The molecule has 0 N–H and O–H groups in total. The Hall–Kier alpha value is -7.62. The summed E-state index contributed by atoms with van der Waals surface area (Å²) in [7, 11) is 0. The van der Waals surface area contributed by atoms with Gasteiger partial charge in [0.1, 0.15) is 22.3 Å². The standard InChI is InChI=1S/C54H33NO2/c1-3-13-40-35(11-1)23-24-38-33-37(28-31-41(38)40)34-25-29-39(30-26-34)55(48-19-10-22-51-53(48)45-16-6-8-20-49(45)56-51)47-18-7-5-15-43(47)44-17-9-21-50-52(44)46-32-27-36-12-2-4-14-42(36)54(46)57-50/h1-33H. The van der Waals surface area contributed by atoms with E-state index in [0.29, 0.717) is 0 Å². The van der Waals surface area contributed by atoms with Crippen molar-refractivity contribution >= 4 is 93.3 Å². The third kappa shape index (κ3) is 4.92. The predicted octanol–water partition coefficient (Wildman–Crippen LogP) is 15.7. The fourth-order valence-corrected chi connectivity index (χ4v) is 9.02. The molecule has 3 heteroatoms. The molecule has 0 spiro atoms. The van der Waals surface area contributed by atoms with Gasteiger partial charge in [0.15, 0.2) is 0 Å². The Morgan fingerprint density at radius 1 is 0.316 bits per heavy atom. The molecule has 57 heavy (non-hydrogen) atoms. The van der Waals surface area contributed by atoms with E-state index in [1.807, 2.05) is 12.1 Å². The van der Waals surface area contributed by atoms with E-state index in [-0.39, 0.29) is 0 Å². The molecule has 0 saturated heterocycles. The highest BCUT2D eigenvalue weighted by Crippen LogP contribution is 2.48. The zero-order valence-corrected chi connectivity index (χ0v) is 30.8. The Morgan fingerprint density at radius 2 is 0.895 bits per heavy atom. The first kappa shape index (κ1) is 31.7. The minimum atomic E-state index is 0.853. The normalized spacial score (nSPS) is 11.9. The fourth-order valence-electron chi connectivity index (χ4n) is 9.02. The smallest absolute Gasteiger partial charge is 0.143 e. The fraction of sp³-hybridized carbons (Fsp3) is 0. The molecule has 0 fully saturated rings. The van der Waals surface area contributed by atoms with Crippen LogP contribution in [0.4, 0.5) is 17.1 Å². The summed E-state index contributed by atoms with van der Waals surface area (Å²) in [5.41, 5.74) is 11.2. The Labute approximate surface area is 328 Å². The second-order valence-corrected chi connectivity index (χ2v) is 14.8. The molecule has 0 saturated carbocycles. The molecule has 10 aromatic carbocycles. The molecule has 266 valence electrons. The van der Waals surface area contributed by atoms with E-state index in [4.69, 9.17) is 8.83 Å². The molecule has 0 aliphatic rings. The summed E-state index contributed by atoms with van der Waals surface area (Å²) >= 11 is 0. The van der Waals surface area contributed by atoms with Crippen LogP contribution in [-0.4, -0.2) is 0 Å². The number of nitrogens with zero attached hydrogens (tertiary/aromatic N) is 1. The van der Waals surface area contributed by atoms with Crippen LogP contribution >= 0.6 is 0 Å². The molecule has 0 unspecified atom stereocenters. The van der Waals surface area contributed by atoms with Gasteiger partial charge in [-0.2, -0.15) is 0 Å². The second kappa shape index (κ2) is 12.5. The molecule has 2 heterocycles. The molecule has 0 radical (unpaired) electrons. The summed E-state index contributed by atoms with van der Waals surface area (Å²) in [6.07, 6.45) is 0. The predicted molar refractivity (Wildman–Crippen MR) is 239 cm³/mol. The topological polar surface area (TPSA) is 29.5 Å². The molecule has 0 aliphatic carbocycles. The van der Waals surface area contributed by atoms with Crippen molar-refractivity contribution in [3.8, 4) is 22.3 Å². The first-order valence-corrected chi connectivity index (χ1v) is 19.4. The van der Waals surface area contributed by atoms with Crippen molar-refractivity contribution in [2.75, 3.05) is 4.90 Å². The van der Waals surface area contributed by atoms with Crippen molar-refractivity contribution in [2.24, 2.45) is 0 Å². The van der Waals surface area contributed by atoms with Gasteiger partial charge in [-0.05, 0) is 98.2 Å². The zero-order valence-electron chi connectivity index (χ0n) is 30.8. The highest BCUT2D eigenvalue weighted by molar-refractivity contribution is 6.20. The van der Waals surface area contributed by atoms with E-state index in [0.717, 1.165) is 83.0 Å². The molecule has 0 bridgehead atoms. The molecule has 0 amide bonds. The number of furan rings is 2. The van der Waals surface area contributed by atoms with Crippen molar-refractivity contribution in [3.05, 3.63) is 200 Å². The van der Waals surface area contributed by atoms with Crippen LogP contribution in [0.5, 0.6) is 0 Å². The van der Waals surface area contributed by atoms with Crippen molar-refractivity contribution in [3.63, 3.8) is 0 Å². The van der Waals surface area contributed by atoms with Crippen LogP contribution in [0.2, 0.25) is 0 Å². The van der Waals surface area contributed by atoms with Gasteiger partial charge in [-0.25, -0.2) is 0 Å². The van der Waals surface area contributed by atoms with Gasteiger partial charge in [-0.15, -0.1) is 0 Å². The van der Waals surface area contributed by atoms with Gasteiger partial charge in [0, 0.05) is 32.8 Å². The summed E-state index contributed by atoms with van der Waals surface area (Å²) in [5.74, 6) is 0. The van der Waals surface area contributed by atoms with Crippen molar-refractivity contribution in [1.82, 2.24) is 0 Å². The maximum Gasteiger partial charge on any atom is 0.143 e. The van der Waals surface area contributed by atoms with Gasteiger partial charge >= 0.3 is 0 Å². The van der Waals surface area contributed by atoms with Crippen molar-refractivity contribution < 1.29 is 8.83 Å². The number of para-hydroxylation sites is 2. The van der Waals surface area contributed by atoms with Crippen molar-refractivity contribution in [2.45, 2.75) is 0 Å². The minimum absolute atomic E-state index is 0.853. The molecule has 0 aliphatic heterocycles. The average Bonchev–Trinajstić information content (AvgIpc) is 3.86. The largest absolute Gasteiger partial charge is 0.456 e. The number of hydrogen-bond donors (Lipinski definition) is 0. The average molecular weight is 728 g/mol. The van der Waals surface area contributed by atoms with Crippen LogP contribution in [-0.2, 0) is 0 Å². The maximum atomic E-state index is 6.67. The Balaban J connectivity index is 1.07. The first-order valence-electron chi connectivity index (χ1n) is 19.4. The lowest BCUT2D eigenvalue weighted by molar-refractivity contribution is 0.669. The monoisotopic (exact) mass is 727 g/mol. The summed E-state index contributed by atoms with van der Waals surface area (Å²) in [6, 6.07) is 71.5. The zero-order chi connectivity index (χ0) is 37.5. The number of hydrogen-bond acceptors (Lipinski definition) is 3. The lowest BCUT2D eigenvalue weighted by Gasteiger charge is -2.29. The van der Waals surface area contributed by atoms with Gasteiger partial charge in [0.25, 0.3) is 0 Å². The summed E-state index contributed by atoms with van der Waals surface area (Å²) in [4.78, 5) is 2.40.